The number of hydrogen-bond donors (Lipinski definition) is 2. The van der Waals surface area contributed by atoms with Gasteiger partial charge in [-0.3, -0.25) is 0 Å². The number of alkyl carbamates (subject to hydrolysis) is 1. The molecule has 6 nitrogen and oxygen atoms in total. The summed E-state index contributed by atoms with van der Waals surface area (Å²) in [6.45, 7) is 14.1. The molecule has 20 heavy (non-hydrogen) atoms. The third kappa shape index (κ3) is 9.02. The molecule has 0 aromatic carbocycles. The smallest absolute Gasteiger partial charge is 0.407 e. The van der Waals surface area contributed by atoms with Crippen LogP contribution in [0.1, 0.15) is 20.8 Å². The van der Waals surface area contributed by atoms with Crippen LogP contribution in [0, 0.1) is 0 Å². The minimum absolute atomic E-state index is 0.226. The van der Waals surface area contributed by atoms with Crippen LogP contribution in [0.5, 0.6) is 0 Å². The lowest BCUT2D eigenvalue weighted by molar-refractivity contribution is 0.0528. The van der Waals surface area contributed by atoms with Crippen LogP contribution in [0.3, 0.4) is 0 Å². The predicted octanol–water partition coefficient (Wildman–Crippen LogP) is 1.89. The molecule has 0 aliphatic carbocycles. The van der Waals surface area contributed by atoms with Crippen molar-refractivity contribution in [1.82, 2.24) is 15.5 Å². The van der Waals surface area contributed by atoms with Gasteiger partial charge in [-0.25, -0.2) is 9.59 Å². The van der Waals surface area contributed by atoms with E-state index in [1.165, 1.54) is 0 Å². The van der Waals surface area contributed by atoms with Crippen molar-refractivity contribution in [2.75, 3.05) is 26.2 Å². The summed E-state index contributed by atoms with van der Waals surface area (Å²) in [6.07, 6.45) is 2.78. The van der Waals surface area contributed by atoms with Crippen molar-refractivity contribution >= 4 is 12.1 Å². The average molecular weight is 283 g/mol. The highest BCUT2D eigenvalue weighted by atomic mass is 16.6. The summed E-state index contributed by atoms with van der Waals surface area (Å²) in [7, 11) is 0. The predicted molar refractivity (Wildman–Crippen MR) is 79.6 cm³/mol. The van der Waals surface area contributed by atoms with Crippen LogP contribution in [-0.2, 0) is 4.74 Å². The molecule has 0 saturated heterocycles. The maximum absolute atomic E-state index is 11.8. The molecule has 0 radical (unpaired) electrons. The summed E-state index contributed by atoms with van der Waals surface area (Å²) in [5.74, 6) is 0. The van der Waals surface area contributed by atoms with E-state index in [0.717, 1.165) is 0 Å². The molecular formula is C14H25N3O3. The van der Waals surface area contributed by atoms with E-state index in [1.807, 2.05) is 0 Å². The fourth-order valence-corrected chi connectivity index (χ4v) is 1.31. The Labute approximate surface area is 120 Å². The van der Waals surface area contributed by atoms with Gasteiger partial charge in [0.2, 0.25) is 0 Å². The molecule has 0 bridgehead atoms. The standard InChI is InChI=1S/C14H25N3O3/c1-6-10-17(11-7-2)12(18)15-8-9-16-13(19)20-14(3,4)5/h6-7H,1-2,8-11H2,3-5H3,(H,15,18)(H,16,19). The largest absolute Gasteiger partial charge is 0.444 e. The molecular weight excluding hydrogens is 258 g/mol. The molecule has 0 aromatic heterocycles. The number of carbonyl (C=O) groups is 2. The number of nitrogens with one attached hydrogen (secondary N) is 2. The first-order valence-corrected chi connectivity index (χ1v) is 6.51. The van der Waals surface area contributed by atoms with Gasteiger partial charge in [-0.15, -0.1) is 13.2 Å². The number of urea groups is 1. The van der Waals surface area contributed by atoms with Crippen LogP contribution in [0.15, 0.2) is 25.3 Å². The van der Waals surface area contributed by atoms with Gasteiger partial charge in [0.1, 0.15) is 5.60 Å². The molecule has 0 atom stereocenters. The van der Waals surface area contributed by atoms with Crippen LogP contribution >= 0.6 is 0 Å². The van der Waals surface area contributed by atoms with Crippen LogP contribution in [0.4, 0.5) is 9.59 Å². The Hall–Kier alpha value is -1.98. The van der Waals surface area contributed by atoms with Crippen molar-refractivity contribution in [3.8, 4) is 0 Å². The summed E-state index contributed by atoms with van der Waals surface area (Å²) in [5, 5.41) is 5.25. The second kappa shape index (κ2) is 9.01. The molecule has 0 saturated carbocycles. The van der Waals surface area contributed by atoms with Gasteiger partial charge in [0.15, 0.2) is 0 Å². The Kier molecular flexibility index (Phi) is 8.12. The Balaban J connectivity index is 3.93. The summed E-state index contributed by atoms with van der Waals surface area (Å²) >= 11 is 0. The fraction of sp³-hybridized carbons (Fsp3) is 0.571. The zero-order chi connectivity index (χ0) is 15.6. The highest BCUT2D eigenvalue weighted by Crippen LogP contribution is 2.05. The minimum atomic E-state index is -0.530. The molecule has 0 heterocycles. The highest BCUT2D eigenvalue weighted by molar-refractivity contribution is 5.74. The molecule has 0 aliphatic rings. The van der Waals surface area contributed by atoms with E-state index in [4.69, 9.17) is 4.74 Å². The lowest BCUT2D eigenvalue weighted by atomic mass is 10.2. The average Bonchev–Trinajstić information content (AvgIpc) is 2.32. The Bertz CT molecular complexity index is 338. The van der Waals surface area contributed by atoms with Crippen LogP contribution in [0.2, 0.25) is 0 Å². The monoisotopic (exact) mass is 283 g/mol. The second-order valence-electron chi connectivity index (χ2n) is 5.14. The Morgan fingerprint density at radius 2 is 1.60 bits per heavy atom. The summed E-state index contributed by atoms with van der Waals surface area (Å²) < 4.78 is 5.07. The Morgan fingerprint density at radius 3 is 2.05 bits per heavy atom. The molecule has 114 valence electrons. The van der Waals surface area contributed by atoms with E-state index in [0.29, 0.717) is 26.2 Å². The molecule has 0 rings (SSSR count). The van der Waals surface area contributed by atoms with E-state index in [2.05, 4.69) is 23.8 Å². The SMILES string of the molecule is C=CCN(CC=C)C(=O)NCCNC(=O)OC(C)(C)C. The normalized spacial score (nSPS) is 10.3. The first-order chi connectivity index (χ1) is 9.30. The molecule has 0 aliphatic heterocycles. The van der Waals surface area contributed by atoms with Gasteiger partial charge < -0.3 is 20.3 Å². The van der Waals surface area contributed by atoms with E-state index in [-0.39, 0.29) is 6.03 Å². The molecule has 0 unspecified atom stereocenters. The fourth-order valence-electron chi connectivity index (χ4n) is 1.31. The van der Waals surface area contributed by atoms with Gasteiger partial charge in [0.25, 0.3) is 0 Å². The van der Waals surface area contributed by atoms with Crippen molar-refractivity contribution in [1.29, 1.82) is 0 Å². The minimum Gasteiger partial charge on any atom is -0.444 e. The zero-order valence-electron chi connectivity index (χ0n) is 12.6. The number of carbonyl (C=O) groups excluding carboxylic acids is 2. The van der Waals surface area contributed by atoms with Crippen molar-refractivity contribution in [3.63, 3.8) is 0 Å². The lowest BCUT2D eigenvalue weighted by Gasteiger charge is -2.21. The third-order valence-electron chi connectivity index (χ3n) is 2.06. The van der Waals surface area contributed by atoms with Crippen LogP contribution in [0.25, 0.3) is 0 Å². The molecule has 0 spiro atoms. The molecule has 6 heteroatoms. The van der Waals surface area contributed by atoms with E-state index >= 15 is 0 Å². The Morgan fingerprint density at radius 1 is 1.10 bits per heavy atom. The number of hydrogen-bond acceptors (Lipinski definition) is 3. The number of nitrogens with zero attached hydrogens (tertiary/aromatic N) is 1. The second-order valence-corrected chi connectivity index (χ2v) is 5.14. The molecule has 3 amide bonds. The van der Waals surface area contributed by atoms with Gasteiger partial charge in [0, 0.05) is 26.2 Å². The van der Waals surface area contributed by atoms with Crippen molar-refractivity contribution in [2.45, 2.75) is 26.4 Å². The highest BCUT2D eigenvalue weighted by Gasteiger charge is 2.15. The summed E-state index contributed by atoms with van der Waals surface area (Å²) in [4.78, 5) is 24.7. The van der Waals surface area contributed by atoms with Crippen molar-refractivity contribution in [3.05, 3.63) is 25.3 Å². The quantitative estimate of drug-likeness (QED) is 0.554. The van der Waals surface area contributed by atoms with E-state index < -0.39 is 11.7 Å². The van der Waals surface area contributed by atoms with Crippen LogP contribution in [-0.4, -0.2) is 48.8 Å². The maximum Gasteiger partial charge on any atom is 0.407 e. The van der Waals surface area contributed by atoms with Gasteiger partial charge in [-0.1, -0.05) is 12.2 Å². The topological polar surface area (TPSA) is 70.7 Å². The van der Waals surface area contributed by atoms with Crippen molar-refractivity contribution in [2.24, 2.45) is 0 Å². The van der Waals surface area contributed by atoms with E-state index in [1.54, 1.807) is 37.8 Å². The van der Waals surface area contributed by atoms with Crippen LogP contribution < -0.4 is 10.6 Å². The lowest BCUT2D eigenvalue weighted by Crippen LogP contribution is -2.43. The van der Waals surface area contributed by atoms with Gasteiger partial charge in [-0.05, 0) is 20.8 Å². The van der Waals surface area contributed by atoms with Crippen molar-refractivity contribution < 1.29 is 14.3 Å². The molecule has 0 fully saturated rings. The number of rotatable bonds is 7. The third-order valence-corrected chi connectivity index (χ3v) is 2.06. The van der Waals surface area contributed by atoms with Gasteiger partial charge in [-0.2, -0.15) is 0 Å². The van der Waals surface area contributed by atoms with Gasteiger partial charge in [0.05, 0.1) is 0 Å². The first-order valence-electron chi connectivity index (χ1n) is 6.51. The molecule has 2 N–H and O–H groups in total. The van der Waals surface area contributed by atoms with Gasteiger partial charge >= 0.3 is 12.1 Å². The molecule has 0 aromatic rings. The zero-order valence-corrected chi connectivity index (χ0v) is 12.6. The van der Waals surface area contributed by atoms with E-state index in [9.17, 15) is 9.59 Å². The number of amides is 3. The number of ether oxygens (including phenoxy) is 1. The summed E-state index contributed by atoms with van der Waals surface area (Å²) in [5.41, 5.74) is -0.530. The first kappa shape index (κ1) is 18.0. The maximum atomic E-state index is 11.8. The summed E-state index contributed by atoms with van der Waals surface area (Å²) in [6, 6.07) is -0.226.